The van der Waals surface area contributed by atoms with E-state index in [0.717, 1.165) is 17.5 Å². The first-order valence-corrected chi connectivity index (χ1v) is 10.2. The second-order valence-corrected chi connectivity index (χ2v) is 8.02. The van der Waals surface area contributed by atoms with E-state index in [1.54, 1.807) is 29.2 Å². The number of nitrogens with zero attached hydrogens (tertiary/aromatic N) is 1. The highest BCUT2D eigenvalue weighted by Gasteiger charge is 2.31. The van der Waals surface area contributed by atoms with Crippen molar-refractivity contribution in [2.24, 2.45) is 5.92 Å². The van der Waals surface area contributed by atoms with Crippen LogP contribution in [0.2, 0.25) is 0 Å². The summed E-state index contributed by atoms with van der Waals surface area (Å²) in [6.07, 6.45) is 0.229. The molecule has 2 aromatic rings. The molecular formula is C19H21FN2O4S. The van der Waals surface area contributed by atoms with Gasteiger partial charge in [-0.3, -0.25) is 4.79 Å². The third-order valence-corrected chi connectivity index (χ3v) is 5.81. The Kier molecular flexibility index (Phi) is 5.76. The van der Waals surface area contributed by atoms with Crippen molar-refractivity contribution in [3.63, 3.8) is 0 Å². The summed E-state index contributed by atoms with van der Waals surface area (Å²) in [4.78, 5) is 13.5. The molecular weight excluding hydrogens is 371 g/mol. The Morgan fingerprint density at radius 3 is 2.56 bits per heavy atom. The second kappa shape index (κ2) is 8.06. The molecule has 1 aliphatic rings. The van der Waals surface area contributed by atoms with Crippen molar-refractivity contribution in [2.45, 2.75) is 18.2 Å². The molecule has 0 spiro atoms. The van der Waals surface area contributed by atoms with Crippen LogP contribution >= 0.6 is 0 Å². The number of nitrogens with one attached hydrogen (secondary N) is 1. The Hall–Kier alpha value is -2.45. The van der Waals surface area contributed by atoms with Crippen LogP contribution in [-0.2, 0) is 14.8 Å². The molecule has 1 aliphatic heterocycles. The third kappa shape index (κ3) is 4.45. The molecule has 1 heterocycles. The molecule has 144 valence electrons. The van der Waals surface area contributed by atoms with Crippen molar-refractivity contribution >= 4 is 21.6 Å². The number of ether oxygens (including phenoxy) is 1. The van der Waals surface area contributed by atoms with E-state index >= 15 is 0 Å². The summed E-state index contributed by atoms with van der Waals surface area (Å²) in [6.45, 7) is 2.92. The van der Waals surface area contributed by atoms with Crippen LogP contribution in [0.15, 0.2) is 53.4 Å². The third-order valence-electron chi connectivity index (χ3n) is 4.35. The minimum absolute atomic E-state index is 0.0654. The van der Waals surface area contributed by atoms with Crippen molar-refractivity contribution in [2.75, 3.05) is 24.6 Å². The lowest BCUT2D eigenvalue weighted by molar-refractivity contribution is -0.117. The van der Waals surface area contributed by atoms with E-state index in [2.05, 4.69) is 4.72 Å². The fourth-order valence-corrected chi connectivity index (χ4v) is 4.22. The number of hydrogen-bond donors (Lipinski definition) is 1. The van der Waals surface area contributed by atoms with Gasteiger partial charge in [-0.1, -0.05) is 12.1 Å². The van der Waals surface area contributed by atoms with Gasteiger partial charge in [0.05, 0.1) is 6.61 Å². The van der Waals surface area contributed by atoms with Gasteiger partial charge in [-0.25, -0.2) is 17.5 Å². The molecule has 2 aromatic carbocycles. The maximum atomic E-state index is 13.7. The lowest BCUT2D eigenvalue weighted by Gasteiger charge is -2.17. The van der Waals surface area contributed by atoms with E-state index in [9.17, 15) is 17.6 Å². The summed E-state index contributed by atoms with van der Waals surface area (Å²) in [7, 11) is -3.96. The van der Waals surface area contributed by atoms with Crippen LogP contribution < -0.4 is 14.4 Å². The van der Waals surface area contributed by atoms with Gasteiger partial charge >= 0.3 is 0 Å². The van der Waals surface area contributed by atoms with Crippen molar-refractivity contribution < 1.29 is 22.3 Å². The van der Waals surface area contributed by atoms with Crippen LogP contribution in [0.1, 0.15) is 13.3 Å². The number of amides is 1. The van der Waals surface area contributed by atoms with Gasteiger partial charge in [0.15, 0.2) is 0 Å². The molecule has 0 aromatic heterocycles. The highest BCUT2D eigenvalue weighted by molar-refractivity contribution is 7.89. The number of rotatable bonds is 7. The predicted molar refractivity (Wildman–Crippen MR) is 99.7 cm³/mol. The molecule has 1 amide bonds. The van der Waals surface area contributed by atoms with E-state index in [1.807, 2.05) is 6.92 Å². The zero-order valence-electron chi connectivity index (χ0n) is 14.9. The second-order valence-electron chi connectivity index (χ2n) is 6.28. The first-order chi connectivity index (χ1) is 12.9. The Balaban J connectivity index is 1.63. The highest BCUT2D eigenvalue weighted by atomic mass is 32.2. The van der Waals surface area contributed by atoms with E-state index in [-0.39, 0.29) is 24.8 Å². The van der Waals surface area contributed by atoms with Crippen LogP contribution in [0.3, 0.4) is 0 Å². The van der Waals surface area contributed by atoms with Crippen molar-refractivity contribution in [1.82, 2.24) is 4.72 Å². The molecule has 0 bridgehead atoms. The Bertz CT molecular complexity index is 916. The average molecular weight is 392 g/mol. The zero-order chi connectivity index (χ0) is 19.4. The first-order valence-electron chi connectivity index (χ1n) is 8.68. The molecule has 6 nitrogen and oxygen atoms in total. The van der Waals surface area contributed by atoms with Gasteiger partial charge in [-0.05, 0) is 49.2 Å². The molecule has 0 unspecified atom stereocenters. The predicted octanol–water partition coefficient (Wildman–Crippen LogP) is 2.56. The van der Waals surface area contributed by atoms with Crippen LogP contribution in [-0.4, -0.2) is 34.0 Å². The summed E-state index contributed by atoms with van der Waals surface area (Å²) >= 11 is 0. The summed E-state index contributed by atoms with van der Waals surface area (Å²) in [5.41, 5.74) is 0.739. The number of hydrogen-bond acceptors (Lipinski definition) is 4. The summed E-state index contributed by atoms with van der Waals surface area (Å²) in [5.74, 6) is -0.342. The van der Waals surface area contributed by atoms with Gasteiger partial charge in [-0.15, -0.1) is 0 Å². The van der Waals surface area contributed by atoms with Crippen molar-refractivity contribution in [1.29, 1.82) is 0 Å². The molecule has 1 atom stereocenters. The van der Waals surface area contributed by atoms with E-state index in [1.165, 1.54) is 18.2 Å². The zero-order valence-corrected chi connectivity index (χ0v) is 15.7. The molecule has 1 fully saturated rings. The lowest BCUT2D eigenvalue weighted by atomic mass is 10.1. The summed E-state index contributed by atoms with van der Waals surface area (Å²) < 4.78 is 46.1. The Morgan fingerprint density at radius 1 is 1.19 bits per heavy atom. The van der Waals surface area contributed by atoms with Gasteiger partial charge in [0.25, 0.3) is 0 Å². The molecule has 27 heavy (non-hydrogen) atoms. The number of anilines is 1. The van der Waals surface area contributed by atoms with Crippen LogP contribution in [0, 0.1) is 11.7 Å². The fourth-order valence-electron chi connectivity index (χ4n) is 3.02. The van der Waals surface area contributed by atoms with Crippen molar-refractivity contribution in [3.8, 4) is 5.75 Å². The smallest absolute Gasteiger partial charge is 0.243 e. The SMILES string of the molecule is CCOc1ccc(N2C[C@H](CNS(=O)(=O)c3ccccc3F)CC2=O)cc1. The molecule has 1 saturated heterocycles. The molecule has 0 aliphatic carbocycles. The average Bonchev–Trinajstić information content (AvgIpc) is 3.02. The van der Waals surface area contributed by atoms with Gasteiger partial charge in [0, 0.05) is 25.2 Å². The van der Waals surface area contributed by atoms with E-state index in [4.69, 9.17) is 4.74 Å². The topological polar surface area (TPSA) is 75.7 Å². The maximum Gasteiger partial charge on any atom is 0.243 e. The van der Waals surface area contributed by atoms with Gasteiger partial charge < -0.3 is 9.64 Å². The molecule has 1 N–H and O–H groups in total. The van der Waals surface area contributed by atoms with Gasteiger partial charge in [0.2, 0.25) is 15.9 Å². The standard InChI is InChI=1S/C19H21FN2O4S/c1-2-26-16-9-7-15(8-10-16)22-13-14(11-19(22)23)12-21-27(24,25)18-6-4-3-5-17(18)20/h3-10,14,21H,2,11-13H2,1H3/t14-/m0/s1. The maximum absolute atomic E-state index is 13.7. The largest absolute Gasteiger partial charge is 0.494 e. The van der Waals surface area contributed by atoms with Gasteiger partial charge in [-0.2, -0.15) is 0 Å². The number of carbonyl (C=O) groups excluding carboxylic acids is 1. The highest BCUT2D eigenvalue weighted by Crippen LogP contribution is 2.27. The Labute approximate surface area is 158 Å². The molecule has 0 radical (unpaired) electrons. The van der Waals surface area contributed by atoms with E-state index < -0.39 is 20.7 Å². The first kappa shape index (κ1) is 19.3. The lowest BCUT2D eigenvalue weighted by Crippen LogP contribution is -2.31. The van der Waals surface area contributed by atoms with Crippen LogP contribution in [0.25, 0.3) is 0 Å². The van der Waals surface area contributed by atoms with Crippen molar-refractivity contribution in [3.05, 3.63) is 54.3 Å². The number of carbonyl (C=O) groups is 1. The normalized spacial score (nSPS) is 17.3. The van der Waals surface area contributed by atoms with Gasteiger partial charge in [0.1, 0.15) is 16.5 Å². The number of sulfonamides is 1. The number of halogens is 1. The quantitative estimate of drug-likeness (QED) is 0.786. The minimum Gasteiger partial charge on any atom is -0.494 e. The monoisotopic (exact) mass is 392 g/mol. The minimum atomic E-state index is -3.96. The van der Waals surface area contributed by atoms with Crippen LogP contribution in [0.5, 0.6) is 5.75 Å². The molecule has 3 rings (SSSR count). The Morgan fingerprint density at radius 2 is 1.89 bits per heavy atom. The fraction of sp³-hybridized carbons (Fsp3) is 0.316. The summed E-state index contributed by atoms with van der Waals surface area (Å²) in [5, 5.41) is 0. The molecule has 8 heteroatoms. The van der Waals surface area contributed by atoms with E-state index in [0.29, 0.717) is 13.2 Å². The summed E-state index contributed by atoms with van der Waals surface area (Å²) in [6, 6.07) is 12.4. The number of benzene rings is 2. The van der Waals surface area contributed by atoms with Crippen LogP contribution in [0.4, 0.5) is 10.1 Å². The molecule has 0 saturated carbocycles.